The average Bonchev–Trinajstić information content (AvgIpc) is 2.80. The van der Waals surface area contributed by atoms with E-state index in [1.54, 1.807) is 14.2 Å². The normalized spacial score (nSPS) is 12.9. The van der Waals surface area contributed by atoms with E-state index in [1.165, 1.54) is 5.69 Å². The zero-order chi connectivity index (χ0) is 12.5. The summed E-state index contributed by atoms with van der Waals surface area (Å²) >= 11 is 0. The molecule has 0 aliphatic heterocycles. The Kier molecular flexibility index (Phi) is 6.84. The molecular weight excluding hydrogens is 218 g/mol. The summed E-state index contributed by atoms with van der Waals surface area (Å²) in [7, 11) is 3.44. The topological polar surface area (TPSA) is 48.3 Å². The number of ether oxygens (including phenoxy) is 2. The Balaban J connectivity index is 2.51. The van der Waals surface area contributed by atoms with Gasteiger partial charge >= 0.3 is 0 Å². The molecule has 0 saturated heterocycles. The molecule has 0 spiro atoms. The quantitative estimate of drug-likeness (QED) is 0.660. The highest BCUT2D eigenvalue weighted by atomic mass is 16.5. The third kappa shape index (κ3) is 4.46. The van der Waals surface area contributed by atoms with Crippen LogP contribution in [0, 0.1) is 0 Å². The molecule has 17 heavy (non-hydrogen) atoms. The fraction of sp³-hybridized carbons (Fsp3) is 0.750. The first-order chi connectivity index (χ1) is 8.33. The van der Waals surface area contributed by atoms with Crippen molar-refractivity contribution in [1.29, 1.82) is 0 Å². The van der Waals surface area contributed by atoms with Gasteiger partial charge in [-0.2, -0.15) is 0 Å². The summed E-state index contributed by atoms with van der Waals surface area (Å²) in [4.78, 5) is 4.21. The number of imidazole rings is 1. The average molecular weight is 241 g/mol. The van der Waals surface area contributed by atoms with Crippen LogP contribution >= 0.6 is 0 Å². The van der Waals surface area contributed by atoms with Crippen LogP contribution in [0.25, 0.3) is 0 Å². The molecule has 0 aromatic carbocycles. The van der Waals surface area contributed by atoms with Crippen LogP contribution in [0.2, 0.25) is 0 Å². The van der Waals surface area contributed by atoms with Crippen molar-refractivity contribution in [3.05, 3.63) is 18.2 Å². The predicted octanol–water partition coefficient (Wildman–Crippen LogP) is 1.22. The van der Waals surface area contributed by atoms with Crippen molar-refractivity contribution in [2.24, 2.45) is 0 Å². The van der Waals surface area contributed by atoms with Gasteiger partial charge in [-0.3, -0.25) is 0 Å². The van der Waals surface area contributed by atoms with Gasteiger partial charge in [0.25, 0.3) is 0 Å². The van der Waals surface area contributed by atoms with E-state index < -0.39 is 0 Å². The summed E-state index contributed by atoms with van der Waals surface area (Å²) in [5.74, 6) is 0. The lowest BCUT2D eigenvalue weighted by atomic mass is 10.2. The van der Waals surface area contributed by atoms with E-state index in [0.29, 0.717) is 6.04 Å². The molecule has 1 aromatic rings. The molecule has 98 valence electrons. The fourth-order valence-corrected chi connectivity index (χ4v) is 1.78. The first-order valence-corrected chi connectivity index (χ1v) is 6.02. The molecule has 1 unspecified atom stereocenters. The lowest BCUT2D eigenvalue weighted by Gasteiger charge is -2.18. The van der Waals surface area contributed by atoms with Crippen molar-refractivity contribution in [3.63, 3.8) is 0 Å². The molecule has 1 rings (SSSR count). The summed E-state index contributed by atoms with van der Waals surface area (Å²) in [6.45, 7) is 5.26. The molecule has 0 fully saturated rings. The minimum Gasteiger partial charge on any atom is -0.383 e. The summed E-state index contributed by atoms with van der Waals surface area (Å²) in [5, 5.41) is 3.32. The highest BCUT2D eigenvalue weighted by Crippen LogP contribution is 2.14. The molecule has 5 heteroatoms. The van der Waals surface area contributed by atoms with Gasteiger partial charge in [0.05, 0.1) is 31.3 Å². The first kappa shape index (κ1) is 14.2. The van der Waals surface area contributed by atoms with E-state index in [0.717, 1.165) is 32.7 Å². The van der Waals surface area contributed by atoms with Crippen LogP contribution in [-0.4, -0.2) is 43.5 Å². The van der Waals surface area contributed by atoms with Crippen molar-refractivity contribution in [3.8, 4) is 0 Å². The van der Waals surface area contributed by atoms with E-state index in [1.807, 2.05) is 12.5 Å². The summed E-state index contributed by atoms with van der Waals surface area (Å²) in [6.07, 6.45) is 4.81. The minimum absolute atomic E-state index is 0.363. The second-order valence-corrected chi connectivity index (χ2v) is 3.98. The van der Waals surface area contributed by atoms with E-state index in [-0.39, 0.29) is 0 Å². The standard InChI is InChI=1S/C12H23N3O2/c1-4-11(9-17-3)15-10-14-8-12(15)7-13-5-6-16-2/h8,10-11,13H,4-7,9H2,1-3H3. The lowest BCUT2D eigenvalue weighted by molar-refractivity contribution is 0.151. The van der Waals surface area contributed by atoms with E-state index >= 15 is 0 Å². The van der Waals surface area contributed by atoms with Crippen molar-refractivity contribution < 1.29 is 9.47 Å². The highest BCUT2D eigenvalue weighted by molar-refractivity contribution is 5.00. The summed E-state index contributed by atoms with van der Waals surface area (Å²) in [6, 6.07) is 0.363. The van der Waals surface area contributed by atoms with E-state index in [4.69, 9.17) is 9.47 Å². The molecule has 1 N–H and O–H groups in total. The van der Waals surface area contributed by atoms with Crippen LogP contribution in [0.15, 0.2) is 12.5 Å². The Hall–Kier alpha value is -0.910. The molecule has 0 aliphatic rings. The molecular formula is C12H23N3O2. The maximum Gasteiger partial charge on any atom is 0.0952 e. The minimum atomic E-state index is 0.363. The smallest absolute Gasteiger partial charge is 0.0952 e. The van der Waals surface area contributed by atoms with Gasteiger partial charge in [0, 0.05) is 33.5 Å². The van der Waals surface area contributed by atoms with Crippen molar-refractivity contribution in [1.82, 2.24) is 14.9 Å². The number of nitrogens with zero attached hydrogens (tertiary/aromatic N) is 2. The van der Waals surface area contributed by atoms with Crippen LogP contribution in [0.1, 0.15) is 25.1 Å². The van der Waals surface area contributed by atoms with Gasteiger partial charge < -0.3 is 19.4 Å². The number of methoxy groups -OCH3 is 2. The Morgan fingerprint density at radius 1 is 1.41 bits per heavy atom. The molecule has 1 aromatic heterocycles. The highest BCUT2D eigenvalue weighted by Gasteiger charge is 2.11. The van der Waals surface area contributed by atoms with Crippen LogP contribution in [0.4, 0.5) is 0 Å². The molecule has 5 nitrogen and oxygen atoms in total. The van der Waals surface area contributed by atoms with Crippen LogP contribution in [0.5, 0.6) is 0 Å². The van der Waals surface area contributed by atoms with Crippen molar-refractivity contribution >= 4 is 0 Å². The Labute approximate surface area is 103 Å². The second kappa shape index (κ2) is 8.22. The first-order valence-electron chi connectivity index (χ1n) is 6.02. The second-order valence-electron chi connectivity index (χ2n) is 3.98. The van der Waals surface area contributed by atoms with Crippen LogP contribution in [-0.2, 0) is 16.0 Å². The molecule has 0 radical (unpaired) electrons. The van der Waals surface area contributed by atoms with Gasteiger partial charge in [0.15, 0.2) is 0 Å². The van der Waals surface area contributed by atoms with Crippen molar-refractivity contribution in [2.45, 2.75) is 25.9 Å². The monoisotopic (exact) mass is 241 g/mol. The number of aromatic nitrogens is 2. The number of hydrogen-bond acceptors (Lipinski definition) is 4. The molecule has 0 bridgehead atoms. The Bertz CT molecular complexity index is 302. The predicted molar refractivity (Wildman–Crippen MR) is 67.0 cm³/mol. The van der Waals surface area contributed by atoms with Crippen LogP contribution in [0.3, 0.4) is 0 Å². The maximum absolute atomic E-state index is 5.23. The molecule has 0 saturated carbocycles. The number of nitrogens with one attached hydrogen (secondary N) is 1. The molecule has 0 aliphatic carbocycles. The SMILES string of the molecule is CCC(COC)n1cncc1CNCCOC. The van der Waals surface area contributed by atoms with Gasteiger partial charge in [0.2, 0.25) is 0 Å². The van der Waals surface area contributed by atoms with Gasteiger partial charge in [-0.15, -0.1) is 0 Å². The van der Waals surface area contributed by atoms with Gasteiger partial charge in [0.1, 0.15) is 0 Å². The summed E-state index contributed by atoms with van der Waals surface area (Å²) < 4.78 is 12.4. The van der Waals surface area contributed by atoms with Crippen molar-refractivity contribution in [2.75, 3.05) is 34.0 Å². The third-order valence-electron chi connectivity index (χ3n) is 2.76. The zero-order valence-corrected chi connectivity index (χ0v) is 11.0. The van der Waals surface area contributed by atoms with Gasteiger partial charge in [-0.1, -0.05) is 6.92 Å². The Morgan fingerprint density at radius 3 is 2.88 bits per heavy atom. The molecule has 0 amide bonds. The van der Waals surface area contributed by atoms with E-state index in [2.05, 4.69) is 21.8 Å². The lowest BCUT2D eigenvalue weighted by Crippen LogP contribution is -2.22. The molecule has 1 atom stereocenters. The van der Waals surface area contributed by atoms with E-state index in [9.17, 15) is 0 Å². The molecule has 1 heterocycles. The zero-order valence-electron chi connectivity index (χ0n) is 11.0. The third-order valence-corrected chi connectivity index (χ3v) is 2.76. The van der Waals surface area contributed by atoms with Gasteiger partial charge in [-0.05, 0) is 6.42 Å². The largest absolute Gasteiger partial charge is 0.383 e. The maximum atomic E-state index is 5.23. The Morgan fingerprint density at radius 2 is 2.24 bits per heavy atom. The number of hydrogen-bond donors (Lipinski definition) is 1. The number of rotatable bonds is 9. The van der Waals surface area contributed by atoms with Gasteiger partial charge in [-0.25, -0.2) is 4.98 Å². The summed E-state index contributed by atoms with van der Waals surface area (Å²) in [5.41, 5.74) is 1.19. The van der Waals surface area contributed by atoms with Crippen LogP contribution < -0.4 is 5.32 Å². The fourth-order valence-electron chi connectivity index (χ4n) is 1.78.